The van der Waals surface area contributed by atoms with Crippen molar-refractivity contribution >= 4 is 0 Å². The molecule has 14 heavy (non-hydrogen) atoms. The second kappa shape index (κ2) is 5.72. The van der Waals surface area contributed by atoms with E-state index in [4.69, 9.17) is 0 Å². The fraction of sp³-hybridized carbons (Fsp3) is 1.00. The van der Waals surface area contributed by atoms with Crippen LogP contribution in [0.2, 0.25) is 0 Å². The number of hydrogen-bond acceptors (Lipinski definition) is 2. The van der Waals surface area contributed by atoms with Crippen molar-refractivity contribution in [1.29, 1.82) is 0 Å². The minimum atomic E-state index is 0.633. The molecule has 84 valence electrons. The van der Waals surface area contributed by atoms with Crippen LogP contribution in [-0.4, -0.2) is 37.1 Å². The molecule has 1 atom stereocenters. The van der Waals surface area contributed by atoms with Crippen LogP contribution in [0.3, 0.4) is 0 Å². The number of likely N-dealkylation sites (tertiary alicyclic amines) is 1. The molecule has 1 N–H and O–H groups in total. The first kappa shape index (κ1) is 12.0. The summed E-state index contributed by atoms with van der Waals surface area (Å²) < 4.78 is 0. The molecule has 1 heterocycles. The third-order valence-corrected chi connectivity index (χ3v) is 2.81. The van der Waals surface area contributed by atoms with Crippen LogP contribution in [0.4, 0.5) is 0 Å². The Bertz CT molecular complexity index is 154. The molecule has 1 aliphatic heterocycles. The average Bonchev–Trinajstić information content (AvgIpc) is 2.47. The molecule has 0 radical (unpaired) electrons. The minimum absolute atomic E-state index is 0.633. The van der Waals surface area contributed by atoms with Gasteiger partial charge in [0.05, 0.1) is 0 Å². The molecule has 0 amide bonds. The Hall–Kier alpha value is -0.0800. The number of nitrogens with one attached hydrogen (secondary N) is 1. The summed E-state index contributed by atoms with van der Waals surface area (Å²) in [7, 11) is 0. The van der Waals surface area contributed by atoms with Gasteiger partial charge in [0, 0.05) is 19.1 Å². The summed E-state index contributed by atoms with van der Waals surface area (Å²) in [6.45, 7) is 14.1. The lowest BCUT2D eigenvalue weighted by Gasteiger charge is -2.18. The second-order valence-electron chi connectivity index (χ2n) is 5.37. The molecule has 1 unspecified atom stereocenters. The van der Waals surface area contributed by atoms with Gasteiger partial charge < -0.3 is 10.2 Å². The molecule has 2 nitrogen and oxygen atoms in total. The summed E-state index contributed by atoms with van der Waals surface area (Å²) in [5, 5.41) is 3.53. The first-order chi connectivity index (χ1) is 6.58. The van der Waals surface area contributed by atoms with Gasteiger partial charge in [0.15, 0.2) is 0 Å². The van der Waals surface area contributed by atoms with Crippen molar-refractivity contribution in [2.24, 2.45) is 11.8 Å². The third kappa shape index (κ3) is 4.43. The van der Waals surface area contributed by atoms with Crippen LogP contribution in [0.25, 0.3) is 0 Å². The van der Waals surface area contributed by atoms with Gasteiger partial charge in [-0.2, -0.15) is 0 Å². The van der Waals surface area contributed by atoms with Gasteiger partial charge in [-0.1, -0.05) is 27.7 Å². The first-order valence-electron chi connectivity index (χ1n) is 6.03. The molecule has 0 aromatic carbocycles. The molecule has 1 rings (SSSR count). The predicted molar refractivity (Wildman–Crippen MR) is 62.5 cm³/mol. The summed E-state index contributed by atoms with van der Waals surface area (Å²) >= 11 is 0. The van der Waals surface area contributed by atoms with Gasteiger partial charge in [0.2, 0.25) is 0 Å². The molecule has 0 spiro atoms. The van der Waals surface area contributed by atoms with Crippen LogP contribution in [0.5, 0.6) is 0 Å². The zero-order valence-electron chi connectivity index (χ0n) is 10.2. The SMILES string of the molecule is CC(C)CN1CCC(CNC(C)C)C1. The van der Waals surface area contributed by atoms with Crippen molar-refractivity contribution in [3.8, 4) is 0 Å². The number of hydrogen-bond donors (Lipinski definition) is 1. The molecule has 1 saturated heterocycles. The van der Waals surface area contributed by atoms with Crippen LogP contribution in [-0.2, 0) is 0 Å². The molecule has 1 aliphatic rings. The Morgan fingerprint density at radius 2 is 2.00 bits per heavy atom. The smallest absolute Gasteiger partial charge is 0.00224 e. The molecule has 1 fully saturated rings. The lowest BCUT2D eigenvalue weighted by molar-refractivity contribution is 0.285. The van der Waals surface area contributed by atoms with Gasteiger partial charge in [-0.3, -0.25) is 0 Å². The molecule has 0 bridgehead atoms. The summed E-state index contributed by atoms with van der Waals surface area (Å²) in [4.78, 5) is 2.61. The maximum absolute atomic E-state index is 3.53. The topological polar surface area (TPSA) is 15.3 Å². The average molecular weight is 198 g/mol. The standard InChI is InChI=1S/C12H26N2/c1-10(2)8-14-6-5-12(9-14)7-13-11(3)4/h10-13H,5-9H2,1-4H3. The van der Waals surface area contributed by atoms with Crippen LogP contribution in [0, 0.1) is 11.8 Å². The fourth-order valence-electron chi connectivity index (χ4n) is 2.16. The molecular formula is C12H26N2. The van der Waals surface area contributed by atoms with Crippen molar-refractivity contribution in [1.82, 2.24) is 10.2 Å². The first-order valence-corrected chi connectivity index (χ1v) is 6.03. The molecular weight excluding hydrogens is 172 g/mol. The van der Waals surface area contributed by atoms with Crippen LogP contribution in [0.1, 0.15) is 34.1 Å². The second-order valence-corrected chi connectivity index (χ2v) is 5.37. The summed E-state index contributed by atoms with van der Waals surface area (Å²) in [6.07, 6.45) is 1.38. The highest BCUT2D eigenvalue weighted by atomic mass is 15.1. The van der Waals surface area contributed by atoms with E-state index >= 15 is 0 Å². The van der Waals surface area contributed by atoms with Gasteiger partial charge in [-0.05, 0) is 31.3 Å². The molecule has 0 aromatic rings. The Morgan fingerprint density at radius 1 is 1.29 bits per heavy atom. The highest BCUT2D eigenvalue weighted by Gasteiger charge is 2.22. The largest absolute Gasteiger partial charge is 0.314 e. The van der Waals surface area contributed by atoms with Crippen LogP contribution < -0.4 is 5.32 Å². The Morgan fingerprint density at radius 3 is 2.57 bits per heavy atom. The van der Waals surface area contributed by atoms with Gasteiger partial charge in [0.25, 0.3) is 0 Å². The van der Waals surface area contributed by atoms with Crippen LogP contribution >= 0.6 is 0 Å². The van der Waals surface area contributed by atoms with Crippen LogP contribution in [0.15, 0.2) is 0 Å². The minimum Gasteiger partial charge on any atom is -0.314 e. The normalized spacial score (nSPS) is 24.0. The van der Waals surface area contributed by atoms with Gasteiger partial charge >= 0.3 is 0 Å². The fourth-order valence-corrected chi connectivity index (χ4v) is 2.16. The number of rotatable bonds is 5. The third-order valence-electron chi connectivity index (χ3n) is 2.81. The van der Waals surface area contributed by atoms with E-state index in [9.17, 15) is 0 Å². The van der Waals surface area contributed by atoms with Crippen molar-refractivity contribution in [2.45, 2.75) is 40.2 Å². The molecule has 0 aliphatic carbocycles. The van der Waals surface area contributed by atoms with E-state index in [-0.39, 0.29) is 0 Å². The summed E-state index contributed by atoms with van der Waals surface area (Å²) in [5.41, 5.74) is 0. The van der Waals surface area contributed by atoms with Gasteiger partial charge in [0.1, 0.15) is 0 Å². The molecule has 0 saturated carbocycles. The highest BCUT2D eigenvalue weighted by Crippen LogP contribution is 2.16. The van der Waals surface area contributed by atoms with E-state index in [1.54, 1.807) is 0 Å². The Labute approximate surface area is 89.1 Å². The van der Waals surface area contributed by atoms with Gasteiger partial charge in [-0.15, -0.1) is 0 Å². The molecule has 0 aromatic heterocycles. The van der Waals surface area contributed by atoms with Gasteiger partial charge in [-0.25, -0.2) is 0 Å². The highest BCUT2D eigenvalue weighted by molar-refractivity contribution is 4.78. The van der Waals surface area contributed by atoms with E-state index in [1.807, 2.05) is 0 Å². The molecule has 2 heteroatoms. The van der Waals surface area contributed by atoms with Crippen molar-refractivity contribution in [2.75, 3.05) is 26.2 Å². The predicted octanol–water partition coefficient (Wildman–Crippen LogP) is 1.96. The number of nitrogens with zero attached hydrogens (tertiary/aromatic N) is 1. The summed E-state index contributed by atoms with van der Waals surface area (Å²) in [5.74, 6) is 1.70. The monoisotopic (exact) mass is 198 g/mol. The van der Waals surface area contributed by atoms with E-state index < -0.39 is 0 Å². The van der Waals surface area contributed by atoms with E-state index in [0.29, 0.717) is 6.04 Å². The zero-order valence-corrected chi connectivity index (χ0v) is 10.2. The maximum Gasteiger partial charge on any atom is 0.00224 e. The Kier molecular flexibility index (Phi) is 4.90. The quantitative estimate of drug-likeness (QED) is 0.726. The lowest BCUT2D eigenvalue weighted by Crippen LogP contribution is -2.31. The Balaban J connectivity index is 2.14. The van der Waals surface area contributed by atoms with E-state index in [1.165, 1.54) is 32.6 Å². The lowest BCUT2D eigenvalue weighted by atomic mass is 10.1. The van der Waals surface area contributed by atoms with Crippen molar-refractivity contribution < 1.29 is 0 Å². The maximum atomic E-state index is 3.53. The van der Waals surface area contributed by atoms with E-state index in [2.05, 4.69) is 37.9 Å². The zero-order chi connectivity index (χ0) is 10.6. The van der Waals surface area contributed by atoms with E-state index in [0.717, 1.165) is 11.8 Å². The summed E-state index contributed by atoms with van der Waals surface area (Å²) in [6, 6.07) is 0.633. The van der Waals surface area contributed by atoms with Crippen molar-refractivity contribution in [3.05, 3.63) is 0 Å². The van der Waals surface area contributed by atoms with Crippen molar-refractivity contribution in [3.63, 3.8) is 0 Å².